The molecule has 0 heterocycles. The maximum atomic E-state index is 9.07. The Bertz CT molecular complexity index is 396. The molecule has 1 aromatic rings. The van der Waals surface area contributed by atoms with Crippen LogP contribution in [0.15, 0.2) is 24.3 Å². The highest BCUT2D eigenvalue weighted by Gasteiger charge is 1.96. The molecule has 2 N–H and O–H groups in total. The van der Waals surface area contributed by atoms with E-state index in [0.29, 0.717) is 6.42 Å². The van der Waals surface area contributed by atoms with Crippen molar-refractivity contribution in [1.29, 1.82) is 0 Å². The first-order valence-corrected chi connectivity index (χ1v) is 8.40. The van der Waals surface area contributed by atoms with Crippen LogP contribution < -0.4 is 0 Å². The Hall–Kier alpha value is -1.30. The van der Waals surface area contributed by atoms with Crippen LogP contribution in [0.2, 0.25) is 0 Å². The van der Waals surface area contributed by atoms with Crippen molar-refractivity contribution in [2.45, 2.75) is 66.9 Å². The maximum absolute atomic E-state index is 9.07. The van der Waals surface area contributed by atoms with Crippen LogP contribution in [0, 0.1) is 17.8 Å². The molecule has 1 atom stereocenters. The van der Waals surface area contributed by atoms with Crippen LogP contribution in [0.1, 0.15) is 65.5 Å². The van der Waals surface area contributed by atoms with Crippen LogP contribution in [-0.4, -0.2) is 22.9 Å². The van der Waals surface area contributed by atoms with Crippen molar-refractivity contribution < 1.29 is 10.2 Å². The molecule has 0 radical (unpaired) electrons. The van der Waals surface area contributed by atoms with E-state index in [9.17, 15) is 0 Å². The van der Waals surface area contributed by atoms with Gasteiger partial charge in [0.25, 0.3) is 0 Å². The first kappa shape index (κ1) is 23.0. The van der Waals surface area contributed by atoms with Crippen molar-refractivity contribution in [2.75, 3.05) is 6.61 Å². The molecule has 0 aliphatic heterocycles. The van der Waals surface area contributed by atoms with Gasteiger partial charge in [0.15, 0.2) is 0 Å². The molecule has 0 spiro atoms. The molecule has 22 heavy (non-hydrogen) atoms. The first-order valence-electron chi connectivity index (χ1n) is 8.40. The molecular formula is C20H34O2. The second-order valence-corrected chi connectivity index (χ2v) is 5.19. The quantitative estimate of drug-likeness (QED) is 0.808. The lowest BCUT2D eigenvalue weighted by atomic mass is 10.1. The SMILES string of the molecule is CC.CCC(C)C.CCc1ccc(C#CCC(O)CO)cc1. The van der Waals surface area contributed by atoms with Crippen molar-refractivity contribution in [3.05, 3.63) is 35.4 Å². The molecule has 0 aliphatic rings. The minimum atomic E-state index is -0.729. The average molecular weight is 306 g/mol. The number of benzene rings is 1. The van der Waals surface area contributed by atoms with Crippen LogP contribution in [0.5, 0.6) is 0 Å². The molecule has 1 aromatic carbocycles. The summed E-state index contributed by atoms with van der Waals surface area (Å²) < 4.78 is 0. The van der Waals surface area contributed by atoms with Gasteiger partial charge in [-0.25, -0.2) is 0 Å². The van der Waals surface area contributed by atoms with Gasteiger partial charge in [0.05, 0.1) is 12.7 Å². The van der Waals surface area contributed by atoms with E-state index in [1.807, 2.05) is 38.1 Å². The molecule has 0 aromatic heterocycles. The van der Waals surface area contributed by atoms with Crippen molar-refractivity contribution in [2.24, 2.45) is 5.92 Å². The van der Waals surface area contributed by atoms with Crippen LogP contribution >= 0.6 is 0 Å². The fraction of sp³-hybridized carbons (Fsp3) is 0.600. The zero-order valence-corrected chi connectivity index (χ0v) is 15.2. The molecule has 2 nitrogen and oxygen atoms in total. The fourth-order valence-electron chi connectivity index (χ4n) is 1.16. The molecule has 0 aliphatic carbocycles. The van der Waals surface area contributed by atoms with Gasteiger partial charge in [-0.15, -0.1) is 0 Å². The summed E-state index contributed by atoms with van der Waals surface area (Å²) in [5, 5.41) is 17.6. The fourth-order valence-corrected chi connectivity index (χ4v) is 1.16. The van der Waals surface area contributed by atoms with E-state index >= 15 is 0 Å². The third kappa shape index (κ3) is 13.7. The Kier molecular flexibility index (Phi) is 16.8. The van der Waals surface area contributed by atoms with Gasteiger partial charge in [0, 0.05) is 12.0 Å². The molecular weight excluding hydrogens is 272 g/mol. The molecule has 0 fully saturated rings. The Morgan fingerprint density at radius 3 is 1.91 bits per heavy atom. The van der Waals surface area contributed by atoms with E-state index in [1.165, 1.54) is 12.0 Å². The van der Waals surface area contributed by atoms with Gasteiger partial charge in [0.2, 0.25) is 0 Å². The number of aliphatic hydroxyl groups is 2. The van der Waals surface area contributed by atoms with E-state index in [-0.39, 0.29) is 6.61 Å². The number of rotatable bonds is 4. The predicted octanol–water partition coefficient (Wildman–Crippen LogP) is 4.42. The Balaban J connectivity index is 0. The summed E-state index contributed by atoms with van der Waals surface area (Å²) in [6.07, 6.45) is 1.91. The standard InChI is InChI=1S/C13H16O2.C5H12.C2H6/c1-2-11-6-8-12(9-7-11)4-3-5-13(15)10-14;1-4-5(2)3;1-2/h6-9,13-15H,2,5,10H2,1H3;5H,4H2,1-3H3;1-2H3. The van der Waals surface area contributed by atoms with E-state index < -0.39 is 6.10 Å². The van der Waals surface area contributed by atoms with Crippen molar-refractivity contribution >= 4 is 0 Å². The van der Waals surface area contributed by atoms with Gasteiger partial charge >= 0.3 is 0 Å². The zero-order valence-electron chi connectivity index (χ0n) is 15.2. The molecule has 0 saturated heterocycles. The summed E-state index contributed by atoms with van der Waals surface area (Å²) >= 11 is 0. The van der Waals surface area contributed by atoms with E-state index in [0.717, 1.165) is 17.9 Å². The molecule has 2 heteroatoms. The highest BCUT2D eigenvalue weighted by atomic mass is 16.3. The van der Waals surface area contributed by atoms with Crippen molar-refractivity contribution in [1.82, 2.24) is 0 Å². The van der Waals surface area contributed by atoms with Gasteiger partial charge in [0.1, 0.15) is 0 Å². The zero-order chi connectivity index (χ0) is 17.4. The van der Waals surface area contributed by atoms with E-state index in [4.69, 9.17) is 10.2 Å². The Morgan fingerprint density at radius 1 is 1.05 bits per heavy atom. The number of aliphatic hydroxyl groups excluding tert-OH is 2. The molecule has 0 bridgehead atoms. The number of aryl methyl sites for hydroxylation is 1. The second-order valence-electron chi connectivity index (χ2n) is 5.19. The van der Waals surface area contributed by atoms with Crippen LogP contribution in [0.25, 0.3) is 0 Å². The minimum Gasteiger partial charge on any atom is -0.394 e. The summed E-state index contributed by atoms with van der Waals surface area (Å²) in [4.78, 5) is 0. The Morgan fingerprint density at radius 2 is 1.55 bits per heavy atom. The highest BCUT2D eigenvalue weighted by Crippen LogP contribution is 2.03. The number of hydrogen-bond donors (Lipinski definition) is 2. The monoisotopic (exact) mass is 306 g/mol. The normalized spacial score (nSPS) is 10.4. The lowest BCUT2D eigenvalue weighted by molar-refractivity contribution is 0.0992. The maximum Gasteiger partial charge on any atom is 0.0879 e. The second kappa shape index (κ2) is 16.1. The minimum absolute atomic E-state index is 0.233. The summed E-state index contributed by atoms with van der Waals surface area (Å²) in [7, 11) is 0. The number of hydrogen-bond acceptors (Lipinski definition) is 2. The first-order chi connectivity index (χ1) is 10.5. The molecule has 1 unspecified atom stereocenters. The molecule has 0 amide bonds. The molecule has 0 saturated carbocycles. The summed E-state index contributed by atoms with van der Waals surface area (Å²) in [5.41, 5.74) is 2.23. The summed E-state index contributed by atoms with van der Waals surface area (Å²) in [6.45, 7) is 12.5. The third-order valence-corrected chi connectivity index (χ3v) is 2.96. The molecule has 1 rings (SSSR count). The Labute approximate surface area is 137 Å². The van der Waals surface area contributed by atoms with Crippen LogP contribution in [0.4, 0.5) is 0 Å². The molecule has 126 valence electrons. The van der Waals surface area contributed by atoms with Crippen LogP contribution in [-0.2, 0) is 6.42 Å². The smallest absolute Gasteiger partial charge is 0.0879 e. The van der Waals surface area contributed by atoms with Gasteiger partial charge < -0.3 is 10.2 Å². The van der Waals surface area contributed by atoms with Gasteiger partial charge in [-0.1, -0.05) is 71.9 Å². The lowest BCUT2D eigenvalue weighted by Crippen LogP contribution is -2.09. The lowest BCUT2D eigenvalue weighted by Gasteiger charge is -1.99. The largest absolute Gasteiger partial charge is 0.394 e. The summed E-state index contributed by atoms with van der Waals surface area (Å²) in [6, 6.07) is 8.04. The van der Waals surface area contributed by atoms with Gasteiger partial charge in [-0.05, 0) is 30.0 Å². The van der Waals surface area contributed by atoms with Gasteiger partial charge in [-0.3, -0.25) is 0 Å². The van der Waals surface area contributed by atoms with Gasteiger partial charge in [-0.2, -0.15) is 0 Å². The van der Waals surface area contributed by atoms with Crippen LogP contribution in [0.3, 0.4) is 0 Å². The predicted molar refractivity (Wildman–Crippen MR) is 96.9 cm³/mol. The average Bonchev–Trinajstić information content (AvgIpc) is 2.57. The van der Waals surface area contributed by atoms with Crippen molar-refractivity contribution in [3.63, 3.8) is 0 Å². The van der Waals surface area contributed by atoms with E-state index in [2.05, 4.69) is 39.5 Å². The topological polar surface area (TPSA) is 40.5 Å². The van der Waals surface area contributed by atoms with E-state index in [1.54, 1.807) is 0 Å². The summed E-state index contributed by atoms with van der Waals surface area (Å²) in [5.74, 6) is 6.65. The van der Waals surface area contributed by atoms with Crippen molar-refractivity contribution in [3.8, 4) is 11.8 Å². The highest BCUT2D eigenvalue weighted by molar-refractivity contribution is 5.36. The third-order valence-electron chi connectivity index (χ3n) is 2.96.